The van der Waals surface area contributed by atoms with Crippen LogP contribution in [-0.2, 0) is 0 Å². The Bertz CT molecular complexity index is 1310. The standard InChI is InChI=1S/C34H42N4/c1-8-11-12-15-29(20-31(21-35)27(6)30(14-10-3)18-25(4)13-9-2)23-38-34-28(7)33(16-17-37-34)32-19-26(5)22-36-24-32/h10,12-20,22,24H,8-9,11,23H2,1-7H3,(H,37,38)/b14-10-,15-12+,25-13+,29-20+,30-18+,31-27-. The highest BCUT2D eigenvalue weighted by atomic mass is 15.0. The van der Waals surface area contributed by atoms with E-state index in [1.165, 1.54) is 5.57 Å². The molecule has 1 N–H and O–H groups in total. The number of aryl methyl sites for hydroxylation is 1. The molecule has 2 heterocycles. The van der Waals surface area contributed by atoms with Crippen molar-refractivity contribution in [2.75, 3.05) is 11.9 Å². The van der Waals surface area contributed by atoms with Crippen LogP contribution in [0.4, 0.5) is 5.82 Å². The highest BCUT2D eigenvalue weighted by Crippen LogP contribution is 2.27. The third kappa shape index (κ3) is 9.16. The first kappa shape index (κ1) is 30.3. The van der Waals surface area contributed by atoms with Crippen molar-refractivity contribution in [3.8, 4) is 17.2 Å². The molecule has 38 heavy (non-hydrogen) atoms. The minimum atomic E-state index is 0.555. The fraction of sp³-hybridized carbons (Fsp3) is 0.324. The van der Waals surface area contributed by atoms with Crippen LogP contribution >= 0.6 is 0 Å². The molecule has 0 atom stereocenters. The van der Waals surface area contributed by atoms with Gasteiger partial charge in [-0.25, -0.2) is 4.98 Å². The maximum atomic E-state index is 10.1. The van der Waals surface area contributed by atoms with E-state index >= 15 is 0 Å². The zero-order valence-electron chi connectivity index (χ0n) is 24.1. The Kier molecular flexibility index (Phi) is 12.7. The van der Waals surface area contributed by atoms with Gasteiger partial charge in [-0.3, -0.25) is 4.98 Å². The topological polar surface area (TPSA) is 61.6 Å². The number of pyridine rings is 2. The molecule has 0 unspecified atom stereocenters. The summed E-state index contributed by atoms with van der Waals surface area (Å²) in [6.45, 7) is 15.1. The van der Waals surface area contributed by atoms with Crippen molar-refractivity contribution in [1.29, 1.82) is 5.26 Å². The summed E-state index contributed by atoms with van der Waals surface area (Å²) in [7, 11) is 0. The molecule has 198 valence electrons. The highest BCUT2D eigenvalue weighted by Gasteiger charge is 2.10. The van der Waals surface area contributed by atoms with Gasteiger partial charge in [0.2, 0.25) is 0 Å². The van der Waals surface area contributed by atoms with Crippen molar-refractivity contribution in [1.82, 2.24) is 9.97 Å². The molecule has 0 radical (unpaired) electrons. The number of allylic oxidation sites excluding steroid dienone is 10. The second kappa shape index (κ2) is 16.0. The number of nitrogens with one attached hydrogen (secondary N) is 1. The van der Waals surface area contributed by atoms with Gasteiger partial charge < -0.3 is 5.32 Å². The zero-order chi connectivity index (χ0) is 27.9. The molecule has 4 nitrogen and oxygen atoms in total. The lowest BCUT2D eigenvalue weighted by Gasteiger charge is -2.14. The normalized spacial score (nSPS) is 13.7. The first-order valence-corrected chi connectivity index (χ1v) is 13.5. The van der Waals surface area contributed by atoms with Gasteiger partial charge in [0.1, 0.15) is 5.82 Å². The first-order chi connectivity index (χ1) is 18.3. The quantitative estimate of drug-likeness (QED) is 0.230. The van der Waals surface area contributed by atoms with Crippen molar-refractivity contribution < 1.29 is 0 Å². The summed E-state index contributed by atoms with van der Waals surface area (Å²) in [6, 6.07) is 6.60. The Labute approximate surface area is 229 Å². The van der Waals surface area contributed by atoms with Gasteiger partial charge in [-0.2, -0.15) is 5.26 Å². The maximum absolute atomic E-state index is 10.1. The summed E-state index contributed by atoms with van der Waals surface area (Å²) in [5.74, 6) is 0.827. The Morgan fingerprint density at radius 2 is 1.89 bits per heavy atom. The second-order valence-corrected chi connectivity index (χ2v) is 9.45. The number of nitriles is 1. The van der Waals surface area contributed by atoms with Crippen LogP contribution in [0.5, 0.6) is 0 Å². The number of hydrogen-bond acceptors (Lipinski definition) is 4. The molecule has 0 aliphatic rings. The monoisotopic (exact) mass is 506 g/mol. The van der Waals surface area contributed by atoms with E-state index in [0.29, 0.717) is 12.1 Å². The van der Waals surface area contributed by atoms with Crippen LogP contribution in [0.2, 0.25) is 0 Å². The molecule has 0 bridgehead atoms. The minimum absolute atomic E-state index is 0.555. The molecular formula is C34H42N4. The fourth-order valence-electron chi connectivity index (χ4n) is 4.13. The van der Waals surface area contributed by atoms with Gasteiger partial charge in [0.05, 0.1) is 11.6 Å². The third-order valence-corrected chi connectivity index (χ3v) is 6.18. The van der Waals surface area contributed by atoms with Crippen molar-refractivity contribution in [3.05, 3.63) is 112 Å². The van der Waals surface area contributed by atoms with Gasteiger partial charge in [0, 0.05) is 30.7 Å². The van der Waals surface area contributed by atoms with Crippen LogP contribution in [-0.4, -0.2) is 16.5 Å². The molecule has 0 aliphatic carbocycles. The van der Waals surface area contributed by atoms with Gasteiger partial charge in [-0.1, -0.05) is 62.3 Å². The largest absolute Gasteiger partial charge is 0.366 e. The molecule has 0 spiro atoms. The van der Waals surface area contributed by atoms with E-state index in [4.69, 9.17) is 0 Å². The van der Waals surface area contributed by atoms with Crippen LogP contribution in [0.1, 0.15) is 65.0 Å². The summed E-state index contributed by atoms with van der Waals surface area (Å²) in [5.41, 5.74) is 9.25. The number of aromatic nitrogens is 2. The molecule has 2 aromatic rings. The SMILES string of the molecule is C\C=C/C(=C\C(C)=C\CC)C(/C)=C(C#N)/C=C(\C=C\CCC)CNc1nccc(-c2cncc(C)c2)c1C. The van der Waals surface area contributed by atoms with E-state index in [-0.39, 0.29) is 0 Å². The average molecular weight is 507 g/mol. The van der Waals surface area contributed by atoms with E-state index in [9.17, 15) is 5.26 Å². The predicted octanol–water partition coefficient (Wildman–Crippen LogP) is 9.15. The van der Waals surface area contributed by atoms with Crippen LogP contribution in [0.15, 0.2) is 101 Å². The average Bonchev–Trinajstić information content (AvgIpc) is 2.90. The Morgan fingerprint density at radius 1 is 1.11 bits per heavy atom. The van der Waals surface area contributed by atoms with Crippen LogP contribution in [0, 0.1) is 25.2 Å². The maximum Gasteiger partial charge on any atom is 0.129 e. The molecule has 0 saturated heterocycles. The molecule has 4 heteroatoms. The molecule has 0 saturated carbocycles. The fourth-order valence-corrected chi connectivity index (χ4v) is 4.13. The minimum Gasteiger partial charge on any atom is -0.366 e. The van der Waals surface area contributed by atoms with Crippen molar-refractivity contribution in [2.24, 2.45) is 0 Å². The Hall–Kier alpha value is -3.97. The van der Waals surface area contributed by atoms with E-state index < -0.39 is 0 Å². The van der Waals surface area contributed by atoms with Crippen LogP contribution < -0.4 is 5.32 Å². The number of hydrogen-bond donors (Lipinski definition) is 1. The smallest absolute Gasteiger partial charge is 0.129 e. The van der Waals surface area contributed by atoms with Crippen LogP contribution in [0.3, 0.4) is 0 Å². The van der Waals surface area contributed by atoms with Gasteiger partial charge >= 0.3 is 0 Å². The summed E-state index contributed by atoms with van der Waals surface area (Å²) < 4.78 is 0. The molecule has 0 amide bonds. The molecule has 2 aromatic heterocycles. The first-order valence-electron chi connectivity index (χ1n) is 13.5. The van der Waals surface area contributed by atoms with E-state index in [2.05, 4.69) is 85.5 Å². The molecule has 0 aliphatic heterocycles. The third-order valence-electron chi connectivity index (χ3n) is 6.18. The lowest BCUT2D eigenvalue weighted by atomic mass is 9.97. The lowest BCUT2D eigenvalue weighted by Crippen LogP contribution is -2.08. The summed E-state index contributed by atoms with van der Waals surface area (Å²) in [5, 5.41) is 13.6. The predicted molar refractivity (Wildman–Crippen MR) is 163 cm³/mol. The van der Waals surface area contributed by atoms with Gasteiger partial charge in [-0.05, 0) is 99.1 Å². The summed E-state index contributed by atoms with van der Waals surface area (Å²) in [6.07, 6.45) is 23.3. The lowest BCUT2D eigenvalue weighted by molar-refractivity contribution is 0.957. The highest BCUT2D eigenvalue weighted by molar-refractivity contribution is 5.71. The van der Waals surface area contributed by atoms with Crippen molar-refractivity contribution in [2.45, 2.75) is 67.7 Å². The van der Waals surface area contributed by atoms with Crippen LogP contribution in [0.25, 0.3) is 11.1 Å². The molecular weight excluding hydrogens is 464 g/mol. The van der Waals surface area contributed by atoms with E-state index in [1.807, 2.05) is 57.6 Å². The number of unbranched alkanes of at least 4 members (excludes halogenated alkanes) is 1. The van der Waals surface area contributed by atoms with Crippen molar-refractivity contribution >= 4 is 5.82 Å². The Balaban J connectivity index is 2.46. The van der Waals surface area contributed by atoms with E-state index in [0.717, 1.165) is 64.1 Å². The van der Waals surface area contributed by atoms with Gasteiger partial charge in [-0.15, -0.1) is 0 Å². The number of nitrogens with zero attached hydrogens (tertiary/aromatic N) is 3. The molecule has 2 rings (SSSR count). The van der Waals surface area contributed by atoms with Gasteiger partial charge in [0.25, 0.3) is 0 Å². The number of anilines is 1. The molecule has 0 aromatic carbocycles. The van der Waals surface area contributed by atoms with Gasteiger partial charge in [0.15, 0.2) is 0 Å². The summed E-state index contributed by atoms with van der Waals surface area (Å²) in [4.78, 5) is 8.96. The van der Waals surface area contributed by atoms with E-state index in [1.54, 1.807) is 0 Å². The zero-order valence-corrected chi connectivity index (χ0v) is 24.1. The Morgan fingerprint density at radius 3 is 2.55 bits per heavy atom. The number of rotatable bonds is 12. The second-order valence-electron chi connectivity index (χ2n) is 9.45. The summed E-state index contributed by atoms with van der Waals surface area (Å²) >= 11 is 0. The molecule has 0 fully saturated rings. The van der Waals surface area contributed by atoms with Crippen molar-refractivity contribution in [3.63, 3.8) is 0 Å².